The molecule has 8 heteroatoms. The maximum absolute atomic E-state index is 12.6. The van der Waals surface area contributed by atoms with E-state index in [0.29, 0.717) is 36.9 Å². The summed E-state index contributed by atoms with van der Waals surface area (Å²) in [6, 6.07) is 0. The normalized spacial score (nSPS) is 16.9. The Morgan fingerprint density at radius 1 is 1.20 bits per heavy atom. The minimum atomic E-state index is -0.537. The van der Waals surface area contributed by atoms with Gasteiger partial charge in [0.2, 0.25) is 5.91 Å². The van der Waals surface area contributed by atoms with Crippen LogP contribution in [0, 0.1) is 0 Å². The summed E-state index contributed by atoms with van der Waals surface area (Å²) in [5.41, 5.74) is 1.38. The van der Waals surface area contributed by atoms with Crippen molar-refractivity contribution >= 4 is 34.1 Å². The van der Waals surface area contributed by atoms with Gasteiger partial charge in [-0.25, -0.2) is 4.79 Å². The molecule has 7 nitrogen and oxygen atoms in total. The predicted molar refractivity (Wildman–Crippen MR) is 92.9 cm³/mol. The summed E-state index contributed by atoms with van der Waals surface area (Å²) in [5.74, 6) is -0.983. The van der Waals surface area contributed by atoms with Crippen LogP contribution >= 0.6 is 11.3 Å². The molecule has 0 radical (unpaired) electrons. The number of hydrogen-bond donors (Lipinski definition) is 1. The topological polar surface area (TPSA) is 84.9 Å². The summed E-state index contributed by atoms with van der Waals surface area (Å²) in [6.45, 7) is 3.16. The van der Waals surface area contributed by atoms with Crippen molar-refractivity contribution in [1.82, 2.24) is 4.90 Å². The lowest BCUT2D eigenvalue weighted by Gasteiger charge is -2.26. The molecule has 136 valence electrons. The molecule has 2 heterocycles. The molecular formula is C17H22N2O5S. The Hall–Kier alpha value is -1.93. The Morgan fingerprint density at radius 3 is 2.64 bits per heavy atom. The number of thiophene rings is 1. The minimum absolute atomic E-state index is 0.221. The molecule has 25 heavy (non-hydrogen) atoms. The quantitative estimate of drug-likeness (QED) is 0.818. The Balaban J connectivity index is 1.71. The third-order valence-corrected chi connectivity index (χ3v) is 5.56. The number of anilines is 1. The molecule has 1 fully saturated rings. The van der Waals surface area contributed by atoms with Gasteiger partial charge in [0.15, 0.2) is 6.61 Å². The van der Waals surface area contributed by atoms with Crippen LogP contribution in [0.25, 0.3) is 0 Å². The number of fused-ring (bicyclic) bond motifs is 1. The molecule has 0 spiro atoms. The largest absolute Gasteiger partial charge is 0.452 e. The summed E-state index contributed by atoms with van der Waals surface area (Å²) in [4.78, 5) is 39.0. The number of amides is 2. The van der Waals surface area contributed by atoms with Crippen molar-refractivity contribution in [3.63, 3.8) is 0 Å². The van der Waals surface area contributed by atoms with Gasteiger partial charge < -0.3 is 19.7 Å². The van der Waals surface area contributed by atoms with E-state index in [9.17, 15) is 14.4 Å². The maximum atomic E-state index is 12.6. The summed E-state index contributed by atoms with van der Waals surface area (Å²) in [6.07, 6.45) is 3.80. The number of ether oxygens (including phenoxy) is 2. The number of hydrogen-bond acceptors (Lipinski definition) is 6. The molecule has 1 aliphatic carbocycles. The molecule has 0 atom stereocenters. The van der Waals surface area contributed by atoms with Crippen LogP contribution in [-0.4, -0.2) is 55.6 Å². The highest BCUT2D eigenvalue weighted by Gasteiger charge is 2.28. The predicted octanol–water partition coefficient (Wildman–Crippen LogP) is 1.60. The van der Waals surface area contributed by atoms with Crippen LogP contribution in [0.2, 0.25) is 0 Å². The van der Waals surface area contributed by atoms with Crippen LogP contribution in [0.3, 0.4) is 0 Å². The average Bonchev–Trinajstić information content (AvgIpc) is 2.97. The second-order valence-electron chi connectivity index (χ2n) is 6.17. The van der Waals surface area contributed by atoms with Gasteiger partial charge in [0.1, 0.15) is 5.00 Å². The van der Waals surface area contributed by atoms with Gasteiger partial charge >= 0.3 is 5.97 Å². The van der Waals surface area contributed by atoms with Crippen molar-refractivity contribution in [3.05, 3.63) is 16.0 Å². The standard InChI is InChI=1S/C17H22N2O5S/c1-11(20)18-16-15(12-4-2-3-5-13(12)25-16)17(22)24-10-14(21)19-6-8-23-9-7-19/h2-10H2,1H3,(H,18,20). The molecule has 1 N–H and O–H groups in total. The van der Waals surface area contributed by atoms with Gasteiger partial charge in [0.05, 0.1) is 18.8 Å². The van der Waals surface area contributed by atoms with Gasteiger partial charge in [-0.1, -0.05) is 0 Å². The Morgan fingerprint density at radius 2 is 1.92 bits per heavy atom. The van der Waals surface area contributed by atoms with E-state index in [2.05, 4.69) is 5.32 Å². The monoisotopic (exact) mass is 366 g/mol. The number of esters is 1. The molecule has 1 aliphatic heterocycles. The fraction of sp³-hybridized carbons (Fsp3) is 0.588. The van der Waals surface area contributed by atoms with Crippen molar-refractivity contribution in [2.45, 2.75) is 32.6 Å². The van der Waals surface area contributed by atoms with E-state index in [1.807, 2.05) is 0 Å². The van der Waals surface area contributed by atoms with E-state index in [1.165, 1.54) is 18.3 Å². The summed E-state index contributed by atoms with van der Waals surface area (Å²) in [7, 11) is 0. The molecule has 0 saturated carbocycles. The van der Waals surface area contributed by atoms with Crippen molar-refractivity contribution in [1.29, 1.82) is 0 Å². The molecule has 1 aromatic rings. The van der Waals surface area contributed by atoms with Gasteiger partial charge in [0, 0.05) is 24.9 Å². The Bertz CT molecular complexity index is 679. The highest BCUT2D eigenvalue weighted by molar-refractivity contribution is 7.17. The number of rotatable bonds is 4. The zero-order chi connectivity index (χ0) is 17.8. The number of morpholine rings is 1. The maximum Gasteiger partial charge on any atom is 0.341 e. The number of nitrogens with one attached hydrogen (secondary N) is 1. The lowest BCUT2D eigenvalue weighted by molar-refractivity contribution is -0.138. The first kappa shape index (κ1) is 17.9. The molecule has 2 amide bonds. The van der Waals surface area contributed by atoms with Gasteiger partial charge in [0.25, 0.3) is 5.91 Å². The molecule has 2 aliphatic rings. The molecule has 0 unspecified atom stereocenters. The van der Waals surface area contributed by atoms with E-state index in [0.717, 1.165) is 36.1 Å². The highest BCUT2D eigenvalue weighted by atomic mass is 32.1. The summed E-state index contributed by atoms with van der Waals surface area (Å²) < 4.78 is 10.5. The summed E-state index contributed by atoms with van der Waals surface area (Å²) in [5, 5.41) is 3.26. The Labute approximate surface area is 150 Å². The number of carbonyl (C=O) groups is 3. The smallest absolute Gasteiger partial charge is 0.341 e. The first-order valence-corrected chi connectivity index (χ1v) is 9.32. The fourth-order valence-corrected chi connectivity index (χ4v) is 4.46. The molecular weight excluding hydrogens is 344 g/mol. The zero-order valence-electron chi connectivity index (χ0n) is 14.3. The SMILES string of the molecule is CC(=O)Nc1sc2c(c1C(=O)OCC(=O)N1CCOCC1)CCCC2. The van der Waals surface area contributed by atoms with Crippen LogP contribution in [0.1, 0.15) is 40.6 Å². The van der Waals surface area contributed by atoms with Gasteiger partial charge in [-0.3, -0.25) is 9.59 Å². The fourth-order valence-electron chi connectivity index (χ4n) is 3.13. The van der Waals surface area contributed by atoms with Crippen LogP contribution in [0.5, 0.6) is 0 Å². The molecule has 3 rings (SSSR count). The molecule has 0 bridgehead atoms. The van der Waals surface area contributed by atoms with Crippen molar-refractivity contribution in [3.8, 4) is 0 Å². The van der Waals surface area contributed by atoms with Crippen molar-refractivity contribution in [2.75, 3.05) is 38.2 Å². The van der Waals surface area contributed by atoms with E-state index in [1.54, 1.807) is 4.90 Å². The number of nitrogens with zero attached hydrogens (tertiary/aromatic N) is 1. The van der Waals surface area contributed by atoms with Crippen molar-refractivity contribution < 1.29 is 23.9 Å². The highest BCUT2D eigenvalue weighted by Crippen LogP contribution is 2.38. The number of carbonyl (C=O) groups excluding carboxylic acids is 3. The van der Waals surface area contributed by atoms with Crippen LogP contribution in [0.4, 0.5) is 5.00 Å². The minimum Gasteiger partial charge on any atom is -0.452 e. The van der Waals surface area contributed by atoms with Gasteiger partial charge in [-0.15, -0.1) is 11.3 Å². The Kier molecular flexibility index (Phi) is 5.70. The first-order valence-electron chi connectivity index (χ1n) is 8.51. The first-order chi connectivity index (χ1) is 12.1. The molecule has 0 aromatic carbocycles. The third-order valence-electron chi connectivity index (χ3n) is 4.36. The van der Waals surface area contributed by atoms with Crippen LogP contribution < -0.4 is 5.32 Å². The second kappa shape index (κ2) is 7.97. The van der Waals surface area contributed by atoms with Crippen LogP contribution in [0.15, 0.2) is 0 Å². The third kappa shape index (κ3) is 4.19. The van der Waals surface area contributed by atoms with Crippen LogP contribution in [-0.2, 0) is 31.9 Å². The van der Waals surface area contributed by atoms with Gasteiger partial charge in [-0.05, 0) is 31.2 Å². The van der Waals surface area contributed by atoms with E-state index >= 15 is 0 Å². The van der Waals surface area contributed by atoms with E-state index < -0.39 is 5.97 Å². The second-order valence-corrected chi connectivity index (χ2v) is 7.27. The van der Waals surface area contributed by atoms with Gasteiger partial charge in [-0.2, -0.15) is 0 Å². The van der Waals surface area contributed by atoms with E-state index in [4.69, 9.17) is 9.47 Å². The number of aryl methyl sites for hydroxylation is 1. The lowest BCUT2D eigenvalue weighted by Crippen LogP contribution is -2.42. The van der Waals surface area contributed by atoms with Crippen molar-refractivity contribution in [2.24, 2.45) is 0 Å². The van der Waals surface area contributed by atoms with E-state index in [-0.39, 0.29) is 18.4 Å². The molecule has 1 saturated heterocycles. The average molecular weight is 366 g/mol. The zero-order valence-corrected chi connectivity index (χ0v) is 15.1. The summed E-state index contributed by atoms with van der Waals surface area (Å²) >= 11 is 1.44. The lowest BCUT2D eigenvalue weighted by atomic mass is 9.95. The molecule has 1 aromatic heterocycles.